The lowest BCUT2D eigenvalue weighted by Gasteiger charge is -2.26. The highest BCUT2D eigenvalue weighted by molar-refractivity contribution is 7.22. The van der Waals surface area contributed by atoms with E-state index in [1.807, 2.05) is 45.0 Å². The molecule has 0 amide bonds. The average Bonchev–Trinajstić information content (AvgIpc) is 3.44. The summed E-state index contributed by atoms with van der Waals surface area (Å²) in [4.78, 5) is 44.9. The predicted molar refractivity (Wildman–Crippen MR) is 138 cm³/mol. The molecule has 1 atom stereocenters. The van der Waals surface area contributed by atoms with Crippen molar-refractivity contribution >= 4 is 27.5 Å². The van der Waals surface area contributed by atoms with Crippen LogP contribution in [0.15, 0.2) is 50.7 Å². The Bertz CT molecular complexity index is 1540. The molecule has 1 aromatic carbocycles. The van der Waals surface area contributed by atoms with Crippen molar-refractivity contribution in [1.29, 1.82) is 0 Å². The van der Waals surface area contributed by atoms with Crippen LogP contribution in [0.2, 0.25) is 0 Å². The minimum absolute atomic E-state index is 0.0827. The fourth-order valence-corrected chi connectivity index (χ4v) is 5.53. The largest absolute Gasteiger partial charge is 0.480 e. The quantitative estimate of drug-likeness (QED) is 0.371. The second-order valence-electron chi connectivity index (χ2n) is 9.50. The molecule has 0 saturated heterocycles. The van der Waals surface area contributed by atoms with E-state index in [-0.39, 0.29) is 18.0 Å². The van der Waals surface area contributed by atoms with Gasteiger partial charge in [-0.3, -0.25) is 9.36 Å². The van der Waals surface area contributed by atoms with Gasteiger partial charge in [0.15, 0.2) is 0 Å². The monoisotopic (exact) mass is 511 g/mol. The molecule has 4 aromatic rings. The van der Waals surface area contributed by atoms with Crippen molar-refractivity contribution in [2.45, 2.75) is 65.8 Å². The Labute approximate surface area is 211 Å². The van der Waals surface area contributed by atoms with Crippen molar-refractivity contribution < 1.29 is 19.1 Å². The topological polar surface area (TPSA) is 117 Å². The number of thiophene rings is 1. The van der Waals surface area contributed by atoms with Gasteiger partial charge in [-0.2, -0.15) is 0 Å². The Balaban J connectivity index is 2.06. The van der Waals surface area contributed by atoms with Crippen LogP contribution >= 0.6 is 11.3 Å². The summed E-state index contributed by atoms with van der Waals surface area (Å²) in [6.45, 7) is 10.3. The van der Waals surface area contributed by atoms with E-state index in [1.54, 1.807) is 6.92 Å². The standard InChI is InChI=1S/C26H29N3O6S/c1-14(2)35-18(17-10-8-7-9-15(17)3)13-28-23-19(16(4)20(36-23)21-27-11-12-34-21)22(30)29(25(28)33)26(5,6)24(31)32/h7-12,14,18H,13H2,1-6H3,(H,31,32). The van der Waals surface area contributed by atoms with Gasteiger partial charge in [-0.1, -0.05) is 24.3 Å². The number of carboxylic acid groups (broad SMARTS) is 1. The van der Waals surface area contributed by atoms with Gasteiger partial charge >= 0.3 is 11.7 Å². The van der Waals surface area contributed by atoms with Crippen molar-refractivity contribution in [2.24, 2.45) is 0 Å². The number of fused-ring (bicyclic) bond motifs is 1. The van der Waals surface area contributed by atoms with E-state index in [0.717, 1.165) is 15.7 Å². The fourth-order valence-electron chi connectivity index (χ4n) is 4.29. The number of oxazole rings is 1. The maximum absolute atomic E-state index is 13.9. The highest BCUT2D eigenvalue weighted by Gasteiger charge is 2.36. The van der Waals surface area contributed by atoms with Gasteiger partial charge in [0.25, 0.3) is 5.56 Å². The number of carbonyl (C=O) groups is 1. The highest BCUT2D eigenvalue weighted by atomic mass is 32.1. The summed E-state index contributed by atoms with van der Waals surface area (Å²) >= 11 is 1.21. The number of rotatable bonds is 8. The van der Waals surface area contributed by atoms with Gasteiger partial charge in [0.1, 0.15) is 22.7 Å². The maximum Gasteiger partial charge on any atom is 0.333 e. The fraction of sp³-hybridized carbons (Fsp3) is 0.385. The molecule has 0 radical (unpaired) electrons. The minimum atomic E-state index is -1.78. The number of carboxylic acids is 1. The van der Waals surface area contributed by atoms with E-state index in [0.29, 0.717) is 21.2 Å². The number of hydrogen-bond acceptors (Lipinski definition) is 7. The molecule has 0 spiro atoms. The molecule has 3 aromatic heterocycles. The first kappa shape index (κ1) is 25.6. The summed E-state index contributed by atoms with van der Waals surface area (Å²) in [5.74, 6) is -0.965. The second kappa shape index (κ2) is 9.51. The molecule has 0 aliphatic carbocycles. The van der Waals surface area contributed by atoms with Gasteiger partial charge in [0.05, 0.1) is 29.1 Å². The van der Waals surface area contributed by atoms with E-state index in [9.17, 15) is 19.5 Å². The zero-order valence-electron chi connectivity index (χ0n) is 21.1. The van der Waals surface area contributed by atoms with Gasteiger partial charge in [-0.05, 0) is 58.2 Å². The smallest absolute Gasteiger partial charge is 0.333 e. The summed E-state index contributed by atoms with van der Waals surface area (Å²) in [5.41, 5.74) is -0.687. The average molecular weight is 512 g/mol. The molecule has 10 heteroatoms. The van der Waals surface area contributed by atoms with Crippen LogP contribution in [0.1, 0.15) is 50.5 Å². The Hall–Kier alpha value is -3.50. The molecular formula is C26H29N3O6S. The molecule has 9 nitrogen and oxygen atoms in total. The van der Waals surface area contributed by atoms with E-state index in [1.165, 1.54) is 42.2 Å². The van der Waals surface area contributed by atoms with Crippen LogP contribution in [0.3, 0.4) is 0 Å². The van der Waals surface area contributed by atoms with E-state index < -0.39 is 28.9 Å². The summed E-state index contributed by atoms with van der Waals surface area (Å²) in [6, 6.07) is 7.74. The number of aromatic nitrogens is 3. The summed E-state index contributed by atoms with van der Waals surface area (Å²) < 4.78 is 14.0. The lowest BCUT2D eigenvalue weighted by Crippen LogP contribution is -2.52. The molecule has 36 heavy (non-hydrogen) atoms. The van der Waals surface area contributed by atoms with E-state index in [4.69, 9.17) is 9.15 Å². The minimum Gasteiger partial charge on any atom is -0.480 e. The van der Waals surface area contributed by atoms with Crippen LogP contribution in [-0.4, -0.2) is 31.3 Å². The van der Waals surface area contributed by atoms with Crippen LogP contribution < -0.4 is 11.2 Å². The zero-order valence-corrected chi connectivity index (χ0v) is 21.9. The van der Waals surface area contributed by atoms with Gasteiger partial charge in [-0.25, -0.2) is 19.1 Å². The third-order valence-electron chi connectivity index (χ3n) is 6.24. The van der Waals surface area contributed by atoms with Gasteiger partial charge in [0, 0.05) is 0 Å². The number of aryl methyl sites for hydroxylation is 2. The Morgan fingerprint density at radius 3 is 2.50 bits per heavy atom. The van der Waals surface area contributed by atoms with E-state index >= 15 is 0 Å². The molecule has 0 bridgehead atoms. The van der Waals surface area contributed by atoms with Crippen LogP contribution in [0.4, 0.5) is 0 Å². The first-order chi connectivity index (χ1) is 16.9. The third kappa shape index (κ3) is 4.31. The molecule has 3 heterocycles. The van der Waals surface area contributed by atoms with Gasteiger partial charge in [-0.15, -0.1) is 11.3 Å². The highest BCUT2D eigenvalue weighted by Crippen LogP contribution is 2.36. The number of hydrogen-bond donors (Lipinski definition) is 1. The number of ether oxygens (including phenoxy) is 1. The first-order valence-electron chi connectivity index (χ1n) is 11.6. The Morgan fingerprint density at radius 1 is 1.22 bits per heavy atom. The molecule has 0 aliphatic rings. The molecule has 4 rings (SSSR count). The Morgan fingerprint density at radius 2 is 1.92 bits per heavy atom. The lowest BCUT2D eigenvalue weighted by atomic mass is 10.0. The van der Waals surface area contributed by atoms with Crippen LogP contribution in [0.5, 0.6) is 0 Å². The maximum atomic E-state index is 13.9. The third-order valence-corrected chi connectivity index (χ3v) is 7.54. The normalized spacial score (nSPS) is 13.0. The van der Waals surface area contributed by atoms with Crippen molar-refractivity contribution in [1.82, 2.24) is 14.1 Å². The van der Waals surface area contributed by atoms with Crippen LogP contribution in [0.25, 0.3) is 21.0 Å². The van der Waals surface area contributed by atoms with Crippen LogP contribution in [-0.2, 0) is 21.6 Å². The molecule has 0 aliphatic heterocycles. The van der Waals surface area contributed by atoms with Gasteiger partial charge < -0.3 is 14.3 Å². The molecule has 1 unspecified atom stereocenters. The van der Waals surface area contributed by atoms with E-state index in [2.05, 4.69) is 4.98 Å². The van der Waals surface area contributed by atoms with Crippen molar-refractivity contribution in [2.75, 3.05) is 0 Å². The summed E-state index contributed by atoms with van der Waals surface area (Å²) in [6.07, 6.45) is 2.28. The summed E-state index contributed by atoms with van der Waals surface area (Å²) in [7, 11) is 0. The molecular weight excluding hydrogens is 482 g/mol. The first-order valence-corrected chi connectivity index (χ1v) is 12.4. The van der Waals surface area contributed by atoms with Crippen LogP contribution in [0, 0.1) is 13.8 Å². The number of benzene rings is 1. The SMILES string of the molecule is Cc1ccccc1C(Cn1c(=O)n(C(C)(C)C(=O)O)c(=O)c2c(C)c(-c3ncco3)sc21)OC(C)C. The molecule has 0 saturated carbocycles. The molecule has 190 valence electrons. The summed E-state index contributed by atoms with van der Waals surface area (Å²) in [5, 5.41) is 10.2. The van der Waals surface area contributed by atoms with Gasteiger partial charge in [0.2, 0.25) is 5.89 Å². The zero-order chi connectivity index (χ0) is 26.4. The number of aliphatic carboxylic acids is 1. The van der Waals surface area contributed by atoms with Crippen molar-refractivity contribution in [3.8, 4) is 10.8 Å². The number of nitrogens with zero attached hydrogens (tertiary/aromatic N) is 3. The van der Waals surface area contributed by atoms with Crippen molar-refractivity contribution in [3.63, 3.8) is 0 Å². The Kier molecular flexibility index (Phi) is 6.76. The van der Waals surface area contributed by atoms with Crippen molar-refractivity contribution in [3.05, 3.63) is 74.3 Å². The molecule has 0 fully saturated rings. The predicted octanol–water partition coefficient (Wildman–Crippen LogP) is 4.48. The lowest BCUT2D eigenvalue weighted by molar-refractivity contribution is -0.146. The second-order valence-corrected chi connectivity index (χ2v) is 10.5. The molecule has 1 N–H and O–H groups in total.